The molecule has 1 aromatic heterocycles. The number of para-hydroxylation sites is 3. The average Bonchev–Trinajstić information content (AvgIpc) is 3.84. The minimum absolute atomic E-state index is 0.228. The van der Waals surface area contributed by atoms with Crippen LogP contribution in [0.4, 0.5) is 17.1 Å². The summed E-state index contributed by atoms with van der Waals surface area (Å²) >= 11 is 0. The van der Waals surface area contributed by atoms with Crippen molar-refractivity contribution in [3.05, 3.63) is 265 Å². The van der Waals surface area contributed by atoms with Crippen molar-refractivity contribution in [3.63, 3.8) is 0 Å². The highest BCUT2D eigenvalue weighted by Crippen LogP contribution is 2.54. The van der Waals surface area contributed by atoms with Crippen molar-refractivity contribution < 1.29 is 0 Å². The van der Waals surface area contributed by atoms with Crippen molar-refractivity contribution in [3.8, 4) is 50.3 Å². The van der Waals surface area contributed by atoms with Gasteiger partial charge in [0.2, 0.25) is 0 Å². The van der Waals surface area contributed by atoms with E-state index in [1.165, 1.54) is 83.0 Å². The van der Waals surface area contributed by atoms with Crippen LogP contribution in [0.15, 0.2) is 243 Å². The monoisotopic (exact) mass is 856 g/mol. The van der Waals surface area contributed by atoms with Crippen LogP contribution in [0.25, 0.3) is 84.2 Å². The van der Waals surface area contributed by atoms with Crippen LogP contribution in [0.3, 0.4) is 0 Å². The maximum atomic E-state index is 2.49. The summed E-state index contributed by atoms with van der Waals surface area (Å²) in [6.45, 7) is 4.80. The van der Waals surface area contributed by atoms with E-state index in [1.54, 1.807) is 0 Å². The summed E-state index contributed by atoms with van der Waals surface area (Å²) < 4.78 is 2.49. The van der Waals surface area contributed by atoms with Gasteiger partial charge in [0.15, 0.2) is 0 Å². The van der Waals surface area contributed by atoms with Crippen LogP contribution in [0.5, 0.6) is 0 Å². The van der Waals surface area contributed by atoms with Crippen molar-refractivity contribution >= 4 is 50.9 Å². The lowest BCUT2D eigenvalue weighted by molar-refractivity contribution is 0.661. The van der Waals surface area contributed by atoms with E-state index in [9.17, 15) is 0 Å². The highest BCUT2D eigenvalue weighted by Gasteiger charge is 2.37. The van der Waals surface area contributed by atoms with Crippen LogP contribution in [-0.2, 0) is 5.41 Å². The standard InChI is InChI=1S/C65H48N2/c1-65(2)60-42-49(55-40-36-46(54-30-18-19-31-56(54)55)35-32-45-33-38-53(39-34-45)66(50-24-12-5-13-25-50)51-26-14-6-15-27-51)37-41-57(60)58-43-59-62(44-61(58)65)67(52-28-16-7-17-29-52)64(48-22-10-4-11-23-48)63(59)47-20-8-3-9-21-47/h3-44H,1-2H3/b35-32+. The Morgan fingerprint density at radius 1 is 0.388 bits per heavy atom. The Morgan fingerprint density at radius 2 is 0.925 bits per heavy atom. The fraction of sp³-hybridized carbons (Fsp3) is 0.0462. The first-order valence-corrected chi connectivity index (χ1v) is 23.3. The number of aromatic nitrogens is 1. The zero-order valence-corrected chi connectivity index (χ0v) is 37.6. The van der Waals surface area contributed by atoms with Crippen LogP contribution in [-0.4, -0.2) is 4.57 Å². The molecule has 0 N–H and O–H groups in total. The fourth-order valence-corrected chi connectivity index (χ4v) is 10.5. The van der Waals surface area contributed by atoms with E-state index in [0.29, 0.717) is 0 Å². The minimum Gasteiger partial charge on any atom is -0.311 e. The SMILES string of the molecule is CC1(C)c2cc(-c3ccc(/C=C/c4ccc(N(c5ccccc5)c5ccccc5)cc4)c4ccccc34)ccc2-c2cc3c(-c4ccccc4)c(-c4ccccc4)n(-c4ccccc4)c3cc21. The van der Waals surface area contributed by atoms with Gasteiger partial charge in [-0.25, -0.2) is 0 Å². The minimum atomic E-state index is -0.228. The zero-order chi connectivity index (χ0) is 44.9. The first kappa shape index (κ1) is 40.1. The molecule has 0 aliphatic heterocycles. The van der Waals surface area contributed by atoms with Gasteiger partial charge in [-0.1, -0.05) is 202 Å². The third kappa shape index (κ3) is 6.97. The Balaban J connectivity index is 0.924. The summed E-state index contributed by atoms with van der Waals surface area (Å²) in [7, 11) is 0. The smallest absolute Gasteiger partial charge is 0.0619 e. The number of fused-ring (bicyclic) bond motifs is 5. The van der Waals surface area contributed by atoms with Crippen molar-refractivity contribution in [2.24, 2.45) is 0 Å². The Hall–Kier alpha value is -8.46. The number of hydrogen-bond donors (Lipinski definition) is 0. The van der Waals surface area contributed by atoms with E-state index in [0.717, 1.165) is 28.3 Å². The lowest BCUT2D eigenvalue weighted by Crippen LogP contribution is -2.15. The molecule has 318 valence electrons. The Morgan fingerprint density at radius 3 is 1.58 bits per heavy atom. The molecule has 1 aliphatic carbocycles. The molecule has 2 heteroatoms. The molecule has 2 nitrogen and oxygen atoms in total. The molecule has 0 radical (unpaired) electrons. The molecule has 10 aromatic carbocycles. The van der Waals surface area contributed by atoms with E-state index in [1.807, 2.05) is 0 Å². The maximum Gasteiger partial charge on any atom is 0.0619 e. The maximum absolute atomic E-state index is 2.49. The molecule has 1 aliphatic rings. The molecule has 0 atom stereocenters. The van der Waals surface area contributed by atoms with Crippen LogP contribution in [0.1, 0.15) is 36.1 Å². The third-order valence-corrected chi connectivity index (χ3v) is 13.8. The van der Waals surface area contributed by atoms with Gasteiger partial charge in [-0.05, 0) is 133 Å². The summed E-state index contributed by atoms with van der Waals surface area (Å²) in [6, 6.07) is 88.2. The molecule has 12 rings (SSSR count). The highest BCUT2D eigenvalue weighted by molar-refractivity contribution is 6.09. The molecular formula is C65H48N2. The highest BCUT2D eigenvalue weighted by atomic mass is 15.1. The second kappa shape index (κ2) is 16.5. The molecule has 0 amide bonds. The molecule has 1 heterocycles. The van der Waals surface area contributed by atoms with Gasteiger partial charge >= 0.3 is 0 Å². The number of nitrogens with zero attached hydrogens (tertiary/aromatic N) is 2. The van der Waals surface area contributed by atoms with Crippen molar-refractivity contribution in [2.75, 3.05) is 4.90 Å². The first-order chi connectivity index (χ1) is 33.0. The molecule has 0 fully saturated rings. The van der Waals surface area contributed by atoms with E-state index in [-0.39, 0.29) is 5.41 Å². The summed E-state index contributed by atoms with van der Waals surface area (Å²) in [6.07, 6.45) is 4.49. The number of anilines is 3. The molecule has 11 aromatic rings. The topological polar surface area (TPSA) is 8.17 Å². The van der Waals surface area contributed by atoms with Gasteiger partial charge in [-0.2, -0.15) is 0 Å². The van der Waals surface area contributed by atoms with Gasteiger partial charge in [0.25, 0.3) is 0 Å². The number of rotatable bonds is 9. The second-order valence-electron chi connectivity index (χ2n) is 18.1. The predicted octanol–water partition coefficient (Wildman–Crippen LogP) is 17.7. The quantitative estimate of drug-likeness (QED) is 0.131. The third-order valence-electron chi connectivity index (χ3n) is 13.8. The van der Waals surface area contributed by atoms with Gasteiger partial charge in [0, 0.05) is 39.1 Å². The summed E-state index contributed by atoms with van der Waals surface area (Å²) in [5, 5.41) is 3.74. The van der Waals surface area contributed by atoms with Crippen LogP contribution >= 0.6 is 0 Å². The molecule has 67 heavy (non-hydrogen) atoms. The Labute approximate surface area is 393 Å². The molecule has 0 unspecified atom stereocenters. The van der Waals surface area contributed by atoms with Gasteiger partial charge < -0.3 is 9.47 Å². The van der Waals surface area contributed by atoms with Crippen molar-refractivity contribution in [2.45, 2.75) is 19.3 Å². The van der Waals surface area contributed by atoms with E-state index in [2.05, 4.69) is 278 Å². The molecule has 0 saturated heterocycles. The Bertz CT molecular complexity index is 3570. The average molecular weight is 857 g/mol. The molecule has 0 bridgehead atoms. The van der Waals surface area contributed by atoms with Crippen LogP contribution in [0.2, 0.25) is 0 Å². The Kier molecular flexibility index (Phi) is 9.88. The number of benzene rings is 10. The summed E-state index contributed by atoms with van der Waals surface area (Å²) in [4.78, 5) is 2.30. The molecule has 0 spiro atoms. The normalized spacial score (nSPS) is 12.7. The summed E-state index contributed by atoms with van der Waals surface area (Å²) in [5.74, 6) is 0. The first-order valence-electron chi connectivity index (χ1n) is 23.3. The lowest BCUT2D eigenvalue weighted by atomic mass is 9.81. The van der Waals surface area contributed by atoms with Crippen molar-refractivity contribution in [1.82, 2.24) is 4.57 Å². The van der Waals surface area contributed by atoms with Gasteiger partial charge in [0.05, 0.1) is 11.2 Å². The van der Waals surface area contributed by atoms with E-state index < -0.39 is 0 Å². The van der Waals surface area contributed by atoms with E-state index in [4.69, 9.17) is 0 Å². The van der Waals surface area contributed by atoms with Gasteiger partial charge in [-0.3, -0.25) is 0 Å². The molecular weight excluding hydrogens is 809 g/mol. The largest absolute Gasteiger partial charge is 0.311 e. The van der Waals surface area contributed by atoms with Gasteiger partial charge in [0.1, 0.15) is 0 Å². The predicted molar refractivity (Wildman–Crippen MR) is 285 cm³/mol. The van der Waals surface area contributed by atoms with Gasteiger partial charge in [-0.15, -0.1) is 0 Å². The lowest BCUT2D eigenvalue weighted by Gasteiger charge is -2.25. The summed E-state index contributed by atoms with van der Waals surface area (Å²) in [5.41, 5.74) is 20.6. The van der Waals surface area contributed by atoms with Crippen LogP contribution < -0.4 is 4.90 Å². The second-order valence-corrected chi connectivity index (χ2v) is 18.1. The van der Waals surface area contributed by atoms with Crippen LogP contribution in [0, 0.1) is 0 Å². The number of hydrogen-bond acceptors (Lipinski definition) is 1. The van der Waals surface area contributed by atoms with E-state index >= 15 is 0 Å². The fourth-order valence-electron chi connectivity index (χ4n) is 10.5. The molecule has 0 saturated carbocycles. The zero-order valence-electron chi connectivity index (χ0n) is 37.6. The van der Waals surface area contributed by atoms with Crippen molar-refractivity contribution in [1.29, 1.82) is 0 Å².